The van der Waals surface area contributed by atoms with Crippen molar-refractivity contribution < 1.29 is 14.1 Å². The van der Waals surface area contributed by atoms with Gasteiger partial charge in [-0.2, -0.15) is 4.98 Å². The van der Waals surface area contributed by atoms with Gasteiger partial charge in [-0.3, -0.25) is 4.79 Å². The molecule has 0 bridgehead atoms. The summed E-state index contributed by atoms with van der Waals surface area (Å²) in [7, 11) is 1.66. The Hall–Kier alpha value is -3.16. The summed E-state index contributed by atoms with van der Waals surface area (Å²) >= 11 is 0. The molecule has 1 aliphatic heterocycles. The lowest BCUT2D eigenvalue weighted by Gasteiger charge is -2.17. The van der Waals surface area contributed by atoms with E-state index in [9.17, 15) is 4.79 Å². The Morgan fingerprint density at radius 3 is 2.86 bits per heavy atom. The summed E-state index contributed by atoms with van der Waals surface area (Å²) in [4.78, 5) is 24.7. The second-order valence-electron chi connectivity index (χ2n) is 7.24. The fraction of sp³-hybridized carbons (Fsp3) is 0.400. The first-order chi connectivity index (χ1) is 13.5. The lowest BCUT2D eigenvalue weighted by molar-refractivity contribution is 0.0950. The molecule has 8 heteroatoms. The highest BCUT2D eigenvalue weighted by molar-refractivity contribution is 5.94. The molecule has 1 amide bonds. The molecule has 0 fully saturated rings. The van der Waals surface area contributed by atoms with Crippen molar-refractivity contribution in [2.45, 2.75) is 38.5 Å². The van der Waals surface area contributed by atoms with Gasteiger partial charge in [0.25, 0.3) is 5.91 Å². The Bertz CT molecular complexity index is 991. The molecule has 0 aliphatic carbocycles. The molecule has 1 aromatic carbocycles. The number of rotatable bonds is 5. The van der Waals surface area contributed by atoms with Crippen molar-refractivity contribution in [3.05, 3.63) is 58.8 Å². The number of ether oxygens (including phenoxy) is 1. The largest absolute Gasteiger partial charge is 0.496 e. The number of aromatic nitrogens is 4. The van der Waals surface area contributed by atoms with Crippen molar-refractivity contribution >= 4 is 5.91 Å². The van der Waals surface area contributed by atoms with Gasteiger partial charge >= 0.3 is 0 Å². The first-order valence-corrected chi connectivity index (χ1v) is 9.36. The summed E-state index contributed by atoms with van der Waals surface area (Å²) < 4.78 is 10.7. The van der Waals surface area contributed by atoms with E-state index in [-0.39, 0.29) is 17.7 Å². The lowest BCUT2D eigenvalue weighted by atomic mass is 9.93. The SMILES string of the molecule is COc1ccccc1[C@@H]1CNC(=O)c2nc(Cc3noc(C(C)C)n3)[nH]c2C1. The van der Waals surface area contributed by atoms with Crippen LogP contribution in [0.3, 0.4) is 0 Å². The van der Waals surface area contributed by atoms with Crippen LogP contribution in [0.5, 0.6) is 5.75 Å². The predicted octanol–water partition coefficient (Wildman–Crippen LogP) is 2.59. The standard InChI is InChI=1S/C20H23N5O3/c1-11(2)20-24-17(25-28-20)9-16-22-14-8-12(10-21-19(26)18(14)23-16)13-6-4-5-7-15(13)27-3/h4-7,11-12H,8-10H2,1-3H3,(H,21,26)(H,22,23)/t12-/m0/s1. The summed E-state index contributed by atoms with van der Waals surface area (Å²) in [5.41, 5.74) is 2.31. The Morgan fingerprint density at radius 2 is 2.11 bits per heavy atom. The molecule has 4 rings (SSSR count). The number of amides is 1. The fourth-order valence-electron chi connectivity index (χ4n) is 3.45. The van der Waals surface area contributed by atoms with Crippen LogP contribution in [-0.4, -0.2) is 39.7 Å². The Kier molecular flexibility index (Phi) is 4.85. The predicted molar refractivity (Wildman–Crippen MR) is 102 cm³/mol. The number of nitrogens with zero attached hydrogens (tertiary/aromatic N) is 3. The molecule has 0 saturated carbocycles. The smallest absolute Gasteiger partial charge is 0.271 e. The summed E-state index contributed by atoms with van der Waals surface area (Å²) in [6.45, 7) is 4.52. The van der Waals surface area contributed by atoms with Crippen molar-refractivity contribution in [2.75, 3.05) is 13.7 Å². The van der Waals surface area contributed by atoms with Crippen LogP contribution in [-0.2, 0) is 12.8 Å². The van der Waals surface area contributed by atoms with E-state index in [0.29, 0.717) is 42.6 Å². The fourth-order valence-corrected chi connectivity index (χ4v) is 3.45. The second kappa shape index (κ2) is 7.46. The first-order valence-electron chi connectivity index (χ1n) is 9.36. The molecule has 0 saturated heterocycles. The maximum Gasteiger partial charge on any atom is 0.271 e. The summed E-state index contributed by atoms with van der Waals surface area (Å²) in [5.74, 6) is 2.70. The van der Waals surface area contributed by atoms with E-state index in [2.05, 4.69) is 25.4 Å². The molecular formula is C20H23N5O3. The van der Waals surface area contributed by atoms with Gasteiger partial charge in [-0.25, -0.2) is 4.98 Å². The Morgan fingerprint density at radius 1 is 1.29 bits per heavy atom. The van der Waals surface area contributed by atoms with Gasteiger partial charge in [0, 0.05) is 24.1 Å². The normalized spacial score (nSPS) is 16.6. The highest BCUT2D eigenvalue weighted by Crippen LogP contribution is 2.30. The number of benzene rings is 1. The van der Waals surface area contributed by atoms with Gasteiger partial charge in [0.15, 0.2) is 5.82 Å². The number of imidazole rings is 1. The van der Waals surface area contributed by atoms with Crippen LogP contribution in [0.15, 0.2) is 28.8 Å². The number of aromatic amines is 1. The number of carbonyl (C=O) groups excluding carboxylic acids is 1. The third-order valence-electron chi connectivity index (χ3n) is 4.88. The van der Waals surface area contributed by atoms with Gasteiger partial charge in [-0.1, -0.05) is 37.2 Å². The monoisotopic (exact) mass is 381 g/mol. The Balaban J connectivity index is 1.60. The third kappa shape index (κ3) is 3.49. The molecule has 146 valence electrons. The van der Waals surface area contributed by atoms with Crippen LogP contribution in [0, 0.1) is 0 Å². The molecule has 2 aromatic heterocycles. The number of fused-ring (bicyclic) bond motifs is 1. The average molecular weight is 381 g/mol. The molecule has 0 unspecified atom stereocenters. The number of H-pyrrole nitrogens is 1. The number of hydrogen-bond donors (Lipinski definition) is 2. The van der Waals surface area contributed by atoms with Crippen molar-refractivity contribution in [1.29, 1.82) is 0 Å². The third-order valence-corrected chi connectivity index (χ3v) is 4.88. The zero-order valence-corrected chi connectivity index (χ0v) is 16.2. The zero-order chi connectivity index (χ0) is 19.7. The minimum atomic E-state index is -0.175. The lowest BCUT2D eigenvalue weighted by Crippen LogP contribution is -2.26. The maximum absolute atomic E-state index is 12.5. The van der Waals surface area contributed by atoms with Crippen LogP contribution >= 0.6 is 0 Å². The van der Waals surface area contributed by atoms with Gasteiger partial charge in [0.2, 0.25) is 5.89 Å². The van der Waals surface area contributed by atoms with Gasteiger partial charge in [0.05, 0.1) is 13.5 Å². The Labute approximate surface area is 162 Å². The minimum absolute atomic E-state index is 0.0902. The number of carbonyl (C=O) groups is 1. The molecular weight excluding hydrogens is 358 g/mol. The van der Waals surface area contributed by atoms with E-state index in [4.69, 9.17) is 9.26 Å². The van der Waals surface area contributed by atoms with Crippen LogP contribution in [0.4, 0.5) is 0 Å². The van der Waals surface area contributed by atoms with Gasteiger partial charge < -0.3 is 19.6 Å². The maximum atomic E-state index is 12.5. The van der Waals surface area contributed by atoms with Gasteiger partial charge in [-0.15, -0.1) is 0 Å². The van der Waals surface area contributed by atoms with E-state index in [0.717, 1.165) is 17.0 Å². The highest BCUT2D eigenvalue weighted by atomic mass is 16.5. The van der Waals surface area contributed by atoms with Crippen LogP contribution in [0.1, 0.15) is 65.0 Å². The van der Waals surface area contributed by atoms with Crippen molar-refractivity contribution in [3.8, 4) is 5.75 Å². The van der Waals surface area contributed by atoms with Gasteiger partial charge in [0.1, 0.15) is 17.3 Å². The van der Waals surface area contributed by atoms with E-state index < -0.39 is 0 Å². The molecule has 3 heterocycles. The molecule has 0 radical (unpaired) electrons. The second-order valence-corrected chi connectivity index (χ2v) is 7.24. The van der Waals surface area contributed by atoms with Crippen LogP contribution < -0.4 is 10.1 Å². The molecule has 28 heavy (non-hydrogen) atoms. The number of methoxy groups -OCH3 is 1. The molecule has 2 N–H and O–H groups in total. The topological polar surface area (TPSA) is 106 Å². The van der Waals surface area contributed by atoms with Crippen molar-refractivity contribution in [1.82, 2.24) is 25.4 Å². The van der Waals surface area contributed by atoms with E-state index >= 15 is 0 Å². The zero-order valence-electron chi connectivity index (χ0n) is 16.2. The number of para-hydroxylation sites is 1. The molecule has 8 nitrogen and oxygen atoms in total. The first kappa shape index (κ1) is 18.2. The van der Waals surface area contributed by atoms with Crippen LogP contribution in [0.2, 0.25) is 0 Å². The highest BCUT2D eigenvalue weighted by Gasteiger charge is 2.28. The van der Waals surface area contributed by atoms with E-state index in [1.54, 1.807) is 7.11 Å². The number of hydrogen-bond acceptors (Lipinski definition) is 6. The summed E-state index contributed by atoms with van der Waals surface area (Å²) in [6, 6.07) is 7.88. The number of nitrogens with one attached hydrogen (secondary N) is 2. The molecule has 1 atom stereocenters. The quantitative estimate of drug-likeness (QED) is 0.704. The summed E-state index contributed by atoms with van der Waals surface area (Å²) in [5, 5.41) is 6.97. The van der Waals surface area contributed by atoms with Crippen molar-refractivity contribution in [2.24, 2.45) is 0 Å². The minimum Gasteiger partial charge on any atom is -0.496 e. The van der Waals surface area contributed by atoms with E-state index in [1.807, 2.05) is 38.1 Å². The summed E-state index contributed by atoms with van der Waals surface area (Å²) in [6.07, 6.45) is 1.04. The molecule has 0 spiro atoms. The van der Waals surface area contributed by atoms with Crippen molar-refractivity contribution in [3.63, 3.8) is 0 Å². The van der Waals surface area contributed by atoms with Crippen LogP contribution in [0.25, 0.3) is 0 Å². The average Bonchev–Trinajstić information content (AvgIpc) is 3.29. The molecule has 3 aromatic rings. The van der Waals surface area contributed by atoms with Gasteiger partial charge in [-0.05, 0) is 18.1 Å². The molecule has 1 aliphatic rings. The van der Waals surface area contributed by atoms with E-state index in [1.165, 1.54) is 0 Å².